The maximum atomic E-state index is 15.1. The summed E-state index contributed by atoms with van der Waals surface area (Å²) >= 11 is 0. The van der Waals surface area contributed by atoms with Gasteiger partial charge >= 0.3 is 6.03 Å². The van der Waals surface area contributed by atoms with Gasteiger partial charge in [0.2, 0.25) is 0 Å². The van der Waals surface area contributed by atoms with E-state index in [1.54, 1.807) is 14.2 Å². The first-order valence-electron chi connectivity index (χ1n) is 15.6. The van der Waals surface area contributed by atoms with Crippen molar-refractivity contribution in [3.63, 3.8) is 0 Å². The third kappa shape index (κ3) is 7.00. The van der Waals surface area contributed by atoms with Crippen molar-refractivity contribution < 1.29 is 23.7 Å². The Morgan fingerprint density at radius 2 is 1.00 bits per heavy atom. The first kappa shape index (κ1) is 30.7. The van der Waals surface area contributed by atoms with Crippen LogP contribution in [-0.2, 0) is 35.4 Å². The van der Waals surface area contributed by atoms with Gasteiger partial charge in [-0.25, -0.2) is 4.79 Å². The van der Waals surface area contributed by atoms with Gasteiger partial charge in [0, 0.05) is 13.1 Å². The second-order valence-corrected chi connectivity index (χ2v) is 12.3. The summed E-state index contributed by atoms with van der Waals surface area (Å²) in [6.45, 7) is 4.83. The number of urea groups is 1. The van der Waals surface area contributed by atoms with Gasteiger partial charge in [-0.05, 0) is 73.2 Å². The van der Waals surface area contributed by atoms with Gasteiger partial charge < -0.3 is 28.7 Å². The summed E-state index contributed by atoms with van der Waals surface area (Å²) in [6.07, 6.45) is 0.411. The fraction of sp³-hybridized carbons (Fsp3) is 0.342. The number of amides is 2. The quantitative estimate of drug-likeness (QED) is 0.197. The fourth-order valence-electron chi connectivity index (χ4n) is 6.68. The van der Waals surface area contributed by atoms with Gasteiger partial charge in [-0.3, -0.25) is 0 Å². The van der Waals surface area contributed by atoms with Crippen LogP contribution in [0.5, 0.6) is 11.5 Å². The second kappa shape index (κ2) is 13.3. The van der Waals surface area contributed by atoms with Crippen LogP contribution in [-0.4, -0.2) is 60.1 Å². The molecule has 0 radical (unpaired) electrons. The third-order valence-electron chi connectivity index (χ3n) is 8.76. The highest BCUT2D eigenvalue weighted by molar-refractivity contribution is 5.76. The molecule has 0 aromatic heterocycles. The van der Waals surface area contributed by atoms with Crippen LogP contribution in [0.3, 0.4) is 0 Å². The monoisotopic (exact) mass is 606 g/mol. The maximum Gasteiger partial charge on any atom is 0.321 e. The number of methoxy groups -OCH3 is 2. The predicted octanol–water partition coefficient (Wildman–Crippen LogP) is 6.88. The Morgan fingerprint density at radius 3 is 1.40 bits per heavy atom. The molecule has 2 fully saturated rings. The molecule has 4 aromatic carbocycles. The molecule has 7 heteroatoms. The summed E-state index contributed by atoms with van der Waals surface area (Å²) in [5.74, 6) is 0.736. The molecule has 0 aliphatic carbocycles. The van der Waals surface area contributed by atoms with Crippen molar-refractivity contribution in [2.45, 2.75) is 69.9 Å². The molecule has 6 rings (SSSR count). The lowest BCUT2D eigenvalue weighted by molar-refractivity contribution is -0.157. The number of benzene rings is 4. The zero-order valence-corrected chi connectivity index (χ0v) is 26.5. The van der Waals surface area contributed by atoms with Gasteiger partial charge in [0.1, 0.15) is 23.7 Å². The Hall–Kier alpha value is -4.33. The largest absolute Gasteiger partial charge is 0.497 e. The van der Waals surface area contributed by atoms with E-state index in [0.717, 1.165) is 33.8 Å². The van der Waals surface area contributed by atoms with Crippen molar-refractivity contribution in [1.29, 1.82) is 0 Å². The zero-order valence-electron chi connectivity index (χ0n) is 26.5. The Kier molecular flexibility index (Phi) is 9.10. The standard InChI is InChI=1S/C38H42N2O5/c1-38(2)44-35-33(23-29-17-11-19-31(21-29)42-3)39(25-27-13-7-5-8-14-27)37(41)40(26-28-15-9-6-10-16-28)34(36(35)45-38)24-30-18-12-20-32(22-30)43-4/h5-22,33-36H,23-26H2,1-4H3/t33-,34-,35+,36+/m1/s1. The molecular weight excluding hydrogens is 564 g/mol. The molecular formula is C38H42N2O5. The minimum Gasteiger partial charge on any atom is -0.497 e. The fourth-order valence-corrected chi connectivity index (χ4v) is 6.68. The van der Waals surface area contributed by atoms with Crippen LogP contribution in [0.1, 0.15) is 36.1 Å². The Labute approximate surface area is 266 Å². The third-order valence-corrected chi connectivity index (χ3v) is 8.76. The molecule has 2 aliphatic heterocycles. The van der Waals surface area contributed by atoms with Crippen molar-refractivity contribution in [2.24, 2.45) is 0 Å². The predicted molar refractivity (Wildman–Crippen MR) is 174 cm³/mol. The Bertz CT molecular complexity index is 1460. The van der Waals surface area contributed by atoms with E-state index >= 15 is 4.79 Å². The summed E-state index contributed by atoms with van der Waals surface area (Å²) in [7, 11) is 3.35. The van der Waals surface area contributed by atoms with Gasteiger partial charge in [-0.15, -0.1) is 0 Å². The highest BCUT2D eigenvalue weighted by atomic mass is 16.8. The van der Waals surface area contributed by atoms with Crippen LogP contribution in [0.4, 0.5) is 4.79 Å². The van der Waals surface area contributed by atoms with Crippen LogP contribution < -0.4 is 9.47 Å². The Morgan fingerprint density at radius 1 is 0.600 bits per heavy atom. The molecule has 0 N–H and O–H groups in total. The van der Waals surface area contributed by atoms with Gasteiger partial charge in [-0.2, -0.15) is 0 Å². The molecule has 7 nitrogen and oxygen atoms in total. The van der Waals surface area contributed by atoms with E-state index in [4.69, 9.17) is 18.9 Å². The molecule has 2 heterocycles. The SMILES string of the molecule is COc1cccc(C[C@@H]2[C@@H]3OC(C)(C)O[C@H]3[C@@H](Cc3cccc(OC)c3)N(Cc3ccccc3)C(=O)N2Cc2ccccc2)c1. The van der Waals surface area contributed by atoms with E-state index in [0.29, 0.717) is 25.9 Å². The van der Waals surface area contributed by atoms with Crippen LogP contribution in [0.25, 0.3) is 0 Å². The van der Waals surface area contributed by atoms with Crippen molar-refractivity contribution >= 4 is 6.03 Å². The number of fused-ring (bicyclic) bond motifs is 1. The van der Waals surface area contributed by atoms with E-state index < -0.39 is 5.79 Å². The van der Waals surface area contributed by atoms with E-state index in [1.165, 1.54) is 0 Å². The summed E-state index contributed by atoms with van der Waals surface area (Å²) in [5, 5.41) is 0. The number of hydrogen-bond donors (Lipinski definition) is 0. The van der Waals surface area contributed by atoms with E-state index in [-0.39, 0.29) is 30.3 Å². The smallest absolute Gasteiger partial charge is 0.321 e. The number of carbonyl (C=O) groups excluding carboxylic acids is 1. The minimum absolute atomic E-state index is 0.0390. The van der Waals surface area contributed by atoms with Gasteiger partial charge in [0.25, 0.3) is 0 Å². The van der Waals surface area contributed by atoms with Crippen LogP contribution in [0.2, 0.25) is 0 Å². The van der Waals surface area contributed by atoms with Gasteiger partial charge in [0.15, 0.2) is 5.79 Å². The van der Waals surface area contributed by atoms with E-state index in [1.807, 2.05) is 96.4 Å². The molecule has 2 saturated heterocycles. The first-order valence-corrected chi connectivity index (χ1v) is 15.6. The average Bonchev–Trinajstić information content (AvgIpc) is 3.36. The number of ether oxygens (including phenoxy) is 4. The molecule has 0 bridgehead atoms. The molecule has 45 heavy (non-hydrogen) atoms. The number of hydrogen-bond acceptors (Lipinski definition) is 5. The van der Waals surface area contributed by atoms with Crippen LogP contribution in [0, 0.1) is 0 Å². The highest BCUT2D eigenvalue weighted by Gasteiger charge is 2.55. The number of rotatable bonds is 10. The maximum absolute atomic E-state index is 15.1. The first-order chi connectivity index (χ1) is 21.8. The van der Waals surface area contributed by atoms with E-state index in [2.05, 4.69) is 36.4 Å². The van der Waals surface area contributed by atoms with Crippen molar-refractivity contribution in [3.05, 3.63) is 131 Å². The van der Waals surface area contributed by atoms with Crippen LogP contribution >= 0.6 is 0 Å². The normalized spacial score (nSPS) is 22.5. The van der Waals surface area contributed by atoms with Crippen molar-refractivity contribution in [1.82, 2.24) is 9.80 Å². The lowest BCUT2D eigenvalue weighted by Crippen LogP contribution is -2.51. The summed E-state index contributed by atoms with van der Waals surface area (Å²) < 4.78 is 24.7. The van der Waals surface area contributed by atoms with Gasteiger partial charge in [0.05, 0.1) is 26.3 Å². The highest BCUT2D eigenvalue weighted by Crippen LogP contribution is 2.40. The summed E-state index contributed by atoms with van der Waals surface area (Å²) in [5.41, 5.74) is 4.25. The number of nitrogens with zero attached hydrogens (tertiary/aromatic N) is 2. The molecule has 4 atom stereocenters. The van der Waals surface area contributed by atoms with Gasteiger partial charge in [-0.1, -0.05) is 84.9 Å². The average molecular weight is 607 g/mol. The topological polar surface area (TPSA) is 60.5 Å². The summed E-state index contributed by atoms with van der Waals surface area (Å²) in [6, 6.07) is 35.9. The van der Waals surface area contributed by atoms with Crippen molar-refractivity contribution in [3.8, 4) is 11.5 Å². The Balaban J connectivity index is 1.48. The molecule has 2 aliphatic rings. The molecule has 0 unspecified atom stereocenters. The lowest BCUT2D eigenvalue weighted by atomic mass is 9.90. The summed E-state index contributed by atoms with van der Waals surface area (Å²) in [4.78, 5) is 19.1. The molecule has 2 amide bonds. The molecule has 0 saturated carbocycles. The van der Waals surface area contributed by atoms with Crippen LogP contribution in [0.15, 0.2) is 109 Å². The minimum atomic E-state index is -0.828. The number of carbonyl (C=O) groups is 1. The lowest BCUT2D eigenvalue weighted by Gasteiger charge is -2.37. The molecule has 0 spiro atoms. The second-order valence-electron chi connectivity index (χ2n) is 12.3. The molecule has 4 aromatic rings. The van der Waals surface area contributed by atoms with Crippen molar-refractivity contribution in [2.75, 3.05) is 14.2 Å². The molecule has 234 valence electrons. The zero-order chi connectivity index (χ0) is 31.4. The van der Waals surface area contributed by atoms with E-state index in [9.17, 15) is 0 Å².